The Bertz CT molecular complexity index is 722. The lowest BCUT2D eigenvalue weighted by Gasteiger charge is -2.17. The number of halogens is 1. The Morgan fingerprint density at radius 2 is 2.00 bits per heavy atom. The van der Waals surface area contributed by atoms with Crippen LogP contribution in [0.5, 0.6) is 0 Å². The Morgan fingerprint density at radius 1 is 1.29 bits per heavy atom. The Balaban J connectivity index is 1.84. The number of rotatable bonds is 6. The van der Waals surface area contributed by atoms with Crippen LogP contribution in [-0.4, -0.2) is 35.6 Å². The molecule has 0 fully saturated rings. The summed E-state index contributed by atoms with van der Waals surface area (Å²) in [5.41, 5.74) is 1.68. The van der Waals surface area contributed by atoms with E-state index in [9.17, 15) is 14.0 Å². The molecule has 0 aliphatic carbocycles. The molecule has 0 bridgehead atoms. The highest BCUT2D eigenvalue weighted by Crippen LogP contribution is 2.13. The zero-order valence-electron chi connectivity index (χ0n) is 13.8. The molecule has 0 aliphatic rings. The van der Waals surface area contributed by atoms with Gasteiger partial charge in [-0.05, 0) is 19.9 Å². The number of benzene rings is 1. The summed E-state index contributed by atoms with van der Waals surface area (Å²) in [5, 5.41) is 3.75. The number of esters is 1. The molecule has 1 aromatic carbocycles. The van der Waals surface area contributed by atoms with Crippen LogP contribution in [0.3, 0.4) is 0 Å². The van der Waals surface area contributed by atoms with E-state index in [0.29, 0.717) is 22.6 Å². The molecule has 2 aromatic rings. The Kier molecular flexibility index (Phi) is 5.68. The summed E-state index contributed by atoms with van der Waals surface area (Å²) in [7, 11) is 1.52. The predicted octanol–water partition coefficient (Wildman–Crippen LogP) is 2.17. The molecule has 0 spiro atoms. The van der Waals surface area contributed by atoms with Crippen LogP contribution in [-0.2, 0) is 27.3 Å². The van der Waals surface area contributed by atoms with Gasteiger partial charge in [0, 0.05) is 24.7 Å². The molecular weight excluding hydrogens is 315 g/mol. The lowest BCUT2D eigenvalue weighted by atomic mass is 10.1. The average molecular weight is 334 g/mol. The summed E-state index contributed by atoms with van der Waals surface area (Å²) >= 11 is 0. The number of aryl methyl sites for hydroxylation is 2. The maximum absolute atomic E-state index is 13.6. The SMILES string of the molecule is Cc1noc(C)c1CC(=O)OCC(=O)N(C)Cc1ccccc1F. The molecule has 0 atom stereocenters. The predicted molar refractivity (Wildman–Crippen MR) is 83.5 cm³/mol. The number of nitrogens with zero attached hydrogens (tertiary/aromatic N) is 2. The van der Waals surface area contributed by atoms with E-state index in [1.54, 1.807) is 32.0 Å². The van der Waals surface area contributed by atoms with Crippen molar-refractivity contribution in [1.29, 1.82) is 0 Å². The van der Waals surface area contributed by atoms with Gasteiger partial charge in [0.25, 0.3) is 5.91 Å². The largest absolute Gasteiger partial charge is 0.455 e. The lowest BCUT2D eigenvalue weighted by Crippen LogP contribution is -2.31. The first-order valence-electron chi connectivity index (χ1n) is 7.43. The second kappa shape index (κ2) is 7.72. The van der Waals surface area contributed by atoms with Gasteiger partial charge in [-0.2, -0.15) is 0 Å². The van der Waals surface area contributed by atoms with Gasteiger partial charge in [0.2, 0.25) is 0 Å². The number of hydrogen-bond donors (Lipinski definition) is 0. The monoisotopic (exact) mass is 334 g/mol. The van der Waals surface area contributed by atoms with Crippen LogP contribution >= 0.6 is 0 Å². The van der Waals surface area contributed by atoms with Gasteiger partial charge in [-0.25, -0.2) is 4.39 Å². The number of carbonyl (C=O) groups is 2. The third-order valence-electron chi connectivity index (χ3n) is 3.65. The molecule has 24 heavy (non-hydrogen) atoms. The van der Waals surface area contributed by atoms with E-state index in [4.69, 9.17) is 9.26 Å². The highest BCUT2D eigenvalue weighted by atomic mass is 19.1. The fourth-order valence-electron chi connectivity index (χ4n) is 2.17. The van der Waals surface area contributed by atoms with Crippen molar-refractivity contribution in [2.75, 3.05) is 13.7 Å². The average Bonchev–Trinajstić information content (AvgIpc) is 2.86. The van der Waals surface area contributed by atoms with Crippen molar-refractivity contribution >= 4 is 11.9 Å². The molecular formula is C17H19FN2O4. The highest BCUT2D eigenvalue weighted by molar-refractivity contribution is 5.81. The summed E-state index contributed by atoms with van der Waals surface area (Å²) in [6, 6.07) is 6.21. The van der Waals surface area contributed by atoms with Gasteiger partial charge in [0.15, 0.2) is 6.61 Å². The van der Waals surface area contributed by atoms with E-state index in [1.165, 1.54) is 18.0 Å². The number of hydrogen-bond acceptors (Lipinski definition) is 5. The second-order valence-electron chi connectivity index (χ2n) is 5.48. The standard InChI is InChI=1S/C17H19FN2O4/c1-11-14(12(2)24-19-11)8-17(22)23-10-16(21)20(3)9-13-6-4-5-7-15(13)18/h4-7H,8-10H2,1-3H3. The van der Waals surface area contributed by atoms with Gasteiger partial charge in [-0.15, -0.1) is 0 Å². The minimum atomic E-state index is -0.544. The Labute approximate surface area is 139 Å². The third kappa shape index (κ3) is 4.41. The number of carbonyl (C=O) groups excluding carboxylic acids is 2. The van der Waals surface area contributed by atoms with Crippen LogP contribution in [0, 0.1) is 19.7 Å². The van der Waals surface area contributed by atoms with Crippen molar-refractivity contribution in [2.24, 2.45) is 0 Å². The quantitative estimate of drug-likeness (QED) is 0.757. The molecule has 0 radical (unpaired) electrons. The van der Waals surface area contributed by atoms with Gasteiger partial charge < -0.3 is 14.2 Å². The van der Waals surface area contributed by atoms with Gasteiger partial charge in [-0.3, -0.25) is 9.59 Å². The summed E-state index contributed by atoms with van der Waals surface area (Å²) in [6.07, 6.45) is -0.00846. The third-order valence-corrected chi connectivity index (χ3v) is 3.65. The van der Waals surface area contributed by atoms with Gasteiger partial charge in [0.05, 0.1) is 12.1 Å². The van der Waals surface area contributed by atoms with Crippen molar-refractivity contribution in [2.45, 2.75) is 26.8 Å². The molecule has 1 amide bonds. The minimum Gasteiger partial charge on any atom is -0.455 e. The molecule has 1 aromatic heterocycles. The van der Waals surface area contributed by atoms with Crippen molar-refractivity contribution < 1.29 is 23.2 Å². The lowest BCUT2D eigenvalue weighted by molar-refractivity contribution is -0.151. The van der Waals surface area contributed by atoms with Crippen LogP contribution in [0.4, 0.5) is 4.39 Å². The minimum absolute atomic E-state index is 0.00846. The first kappa shape index (κ1) is 17.7. The zero-order valence-corrected chi connectivity index (χ0v) is 13.8. The van der Waals surface area contributed by atoms with Crippen LogP contribution in [0.15, 0.2) is 28.8 Å². The van der Waals surface area contributed by atoms with E-state index < -0.39 is 18.5 Å². The molecule has 7 heteroatoms. The van der Waals surface area contributed by atoms with Crippen molar-refractivity contribution in [3.8, 4) is 0 Å². The van der Waals surface area contributed by atoms with Crippen LogP contribution in [0.25, 0.3) is 0 Å². The molecule has 0 unspecified atom stereocenters. The summed E-state index contributed by atoms with van der Waals surface area (Å²) in [4.78, 5) is 25.1. The molecule has 0 saturated heterocycles. The number of likely N-dealkylation sites (N-methyl/N-ethyl adjacent to an activating group) is 1. The fourth-order valence-corrected chi connectivity index (χ4v) is 2.17. The van der Waals surface area contributed by atoms with Crippen LogP contribution in [0.1, 0.15) is 22.6 Å². The highest BCUT2D eigenvalue weighted by Gasteiger charge is 2.17. The van der Waals surface area contributed by atoms with Crippen LogP contribution < -0.4 is 0 Å². The second-order valence-corrected chi connectivity index (χ2v) is 5.48. The molecule has 128 valence electrons. The first-order valence-corrected chi connectivity index (χ1v) is 7.43. The Hall–Kier alpha value is -2.70. The molecule has 1 heterocycles. The molecule has 2 rings (SSSR count). The van der Waals surface area contributed by atoms with Crippen LogP contribution in [0.2, 0.25) is 0 Å². The number of aromatic nitrogens is 1. The normalized spacial score (nSPS) is 10.5. The maximum Gasteiger partial charge on any atom is 0.310 e. The molecule has 6 nitrogen and oxygen atoms in total. The van der Waals surface area contributed by atoms with Crippen molar-refractivity contribution in [3.05, 3.63) is 52.7 Å². The fraction of sp³-hybridized carbons (Fsp3) is 0.353. The van der Waals surface area contributed by atoms with Gasteiger partial charge in [0.1, 0.15) is 11.6 Å². The van der Waals surface area contributed by atoms with E-state index in [-0.39, 0.29) is 18.8 Å². The first-order chi connectivity index (χ1) is 11.4. The summed E-state index contributed by atoms with van der Waals surface area (Å²) in [6.45, 7) is 3.14. The van der Waals surface area contributed by atoms with E-state index >= 15 is 0 Å². The van der Waals surface area contributed by atoms with E-state index in [0.717, 1.165) is 0 Å². The number of ether oxygens (including phenoxy) is 1. The number of amides is 1. The zero-order chi connectivity index (χ0) is 17.7. The summed E-state index contributed by atoms with van der Waals surface area (Å²) < 4.78 is 23.5. The topological polar surface area (TPSA) is 72.6 Å². The van der Waals surface area contributed by atoms with Crippen molar-refractivity contribution in [1.82, 2.24) is 10.1 Å². The summed E-state index contributed by atoms with van der Waals surface area (Å²) in [5.74, 6) is -0.789. The van der Waals surface area contributed by atoms with E-state index in [2.05, 4.69) is 5.16 Å². The smallest absolute Gasteiger partial charge is 0.310 e. The molecule has 0 saturated carbocycles. The maximum atomic E-state index is 13.6. The Morgan fingerprint density at radius 3 is 2.62 bits per heavy atom. The van der Waals surface area contributed by atoms with Gasteiger partial charge >= 0.3 is 5.97 Å². The molecule has 0 aliphatic heterocycles. The van der Waals surface area contributed by atoms with Gasteiger partial charge in [-0.1, -0.05) is 23.4 Å². The molecule has 0 N–H and O–H groups in total. The van der Waals surface area contributed by atoms with E-state index in [1.807, 2.05) is 0 Å². The van der Waals surface area contributed by atoms with Crippen molar-refractivity contribution in [3.63, 3.8) is 0 Å².